The third-order valence-corrected chi connectivity index (χ3v) is 3.19. The highest BCUT2D eigenvalue weighted by atomic mass is 16.6. The highest BCUT2D eigenvalue weighted by Gasteiger charge is 2.27. The molecule has 1 aromatic carbocycles. The van der Waals surface area contributed by atoms with Gasteiger partial charge in [-0.15, -0.1) is 0 Å². The van der Waals surface area contributed by atoms with Crippen molar-refractivity contribution < 1.29 is 23.8 Å². The molecule has 0 bridgehead atoms. The van der Waals surface area contributed by atoms with Gasteiger partial charge in [0.2, 0.25) is 5.91 Å². The molecule has 0 saturated carbocycles. The summed E-state index contributed by atoms with van der Waals surface area (Å²) in [6, 6.07) is 5.18. The molecule has 0 unspecified atom stereocenters. The van der Waals surface area contributed by atoms with E-state index in [1.807, 2.05) is 0 Å². The molecule has 1 aliphatic rings. The lowest BCUT2D eigenvalue weighted by atomic mass is 10.2. The van der Waals surface area contributed by atoms with E-state index in [2.05, 4.69) is 5.32 Å². The molecule has 1 heterocycles. The van der Waals surface area contributed by atoms with E-state index in [0.29, 0.717) is 23.7 Å². The minimum absolute atomic E-state index is 0.165. The van der Waals surface area contributed by atoms with Crippen LogP contribution >= 0.6 is 0 Å². The van der Waals surface area contributed by atoms with Crippen LogP contribution in [-0.2, 0) is 9.53 Å². The fraction of sp³-hybridized carbons (Fsp3) is 0.429. The zero-order valence-corrected chi connectivity index (χ0v) is 12.2. The van der Waals surface area contributed by atoms with Crippen molar-refractivity contribution in [3.63, 3.8) is 0 Å². The highest BCUT2D eigenvalue weighted by Crippen LogP contribution is 2.32. The van der Waals surface area contributed by atoms with Gasteiger partial charge in [0, 0.05) is 13.0 Å². The molecule has 1 N–H and O–H groups in total. The smallest absolute Gasteiger partial charge is 0.407 e. The van der Waals surface area contributed by atoms with Crippen LogP contribution in [0, 0.1) is 0 Å². The van der Waals surface area contributed by atoms with Crippen LogP contribution in [0.25, 0.3) is 0 Å². The summed E-state index contributed by atoms with van der Waals surface area (Å²) < 4.78 is 15.5. The van der Waals surface area contributed by atoms with Gasteiger partial charge in [-0.3, -0.25) is 4.79 Å². The second-order valence-electron chi connectivity index (χ2n) is 4.58. The number of carbonyl (C=O) groups is 2. The van der Waals surface area contributed by atoms with Crippen LogP contribution in [-0.4, -0.2) is 45.4 Å². The third-order valence-electron chi connectivity index (χ3n) is 3.19. The van der Waals surface area contributed by atoms with Gasteiger partial charge in [0.05, 0.1) is 33.0 Å². The van der Waals surface area contributed by atoms with Crippen molar-refractivity contribution in [1.29, 1.82) is 0 Å². The Morgan fingerprint density at radius 2 is 2.19 bits per heavy atom. The van der Waals surface area contributed by atoms with Crippen LogP contribution in [0.4, 0.5) is 10.5 Å². The van der Waals surface area contributed by atoms with Crippen LogP contribution < -0.4 is 19.7 Å². The number of methoxy groups -OCH3 is 2. The molecule has 114 valence electrons. The number of anilines is 1. The highest BCUT2D eigenvalue weighted by molar-refractivity contribution is 5.93. The van der Waals surface area contributed by atoms with E-state index in [9.17, 15) is 9.59 Å². The number of alkyl carbamates (subject to hydrolysis) is 1. The van der Waals surface area contributed by atoms with E-state index in [1.54, 1.807) is 25.3 Å². The Labute approximate surface area is 122 Å². The topological polar surface area (TPSA) is 77.1 Å². The first-order chi connectivity index (χ1) is 10.0. The van der Waals surface area contributed by atoms with Gasteiger partial charge in [0.25, 0.3) is 0 Å². The second-order valence-corrected chi connectivity index (χ2v) is 4.58. The standard InChI is InChI=1S/C14H18N2O5/c1-9(17)16(8-11-7-15-14(18)21-11)12-5-4-10(19-2)6-13(12)20-3/h4-6,11H,7-8H2,1-3H3,(H,15,18)/t11-/m1/s1. The van der Waals surface area contributed by atoms with Crippen molar-refractivity contribution in [2.45, 2.75) is 13.0 Å². The van der Waals surface area contributed by atoms with E-state index in [4.69, 9.17) is 14.2 Å². The summed E-state index contributed by atoms with van der Waals surface area (Å²) in [5.74, 6) is 0.983. The van der Waals surface area contributed by atoms with E-state index >= 15 is 0 Å². The van der Waals surface area contributed by atoms with Gasteiger partial charge < -0.3 is 24.4 Å². The molecule has 1 aromatic rings. The molecule has 0 aromatic heterocycles. The number of cyclic esters (lactones) is 1. The predicted molar refractivity (Wildman–Crippen MR) is 75.8 cm³/mol. The molecule has 1 atom stereocenters. The number of hydrogen-bond acceptors (Lipinski definition) is 5. The first-order valence-corrected chi connectivity index (χ1v) is 6.49. The zero-order valence-electron chi connectivity index (χ0n) is 12.2. The minimum atomic E-state index is -0.467. The van der Waals surface area contributed by atoms with Crippen LogP contribution in [0.5, 0.6) is 11.5 Å². The van der Waals surface area contributed by atoms with Gasteiger partial charge in [-0.05, 0) is 12.1 Å². The lowest BCUT2D eigenvalue weighted by Crippen LogP contribution is -2.37. The monoisotopic (exact) mass is 294 g/mol. The summed E-state index contributed by atoms with van der Waals surface area (Å²) in [4.78, 5) is 24.5. The van der Waals surface area contributed by atoms with Crippen LogP contribution in [0.15, 0.2) is 18.2 Å². The maximum atomic E-state index is 11.9. The Balaban J connectivity index is 2.25. The average Bonchev–Trinajstić information content (AvgIpc) is 2.89. The summed E-state index contributed by atoms with van der Waals surface area (Å²) in [6.45, 7) is 2.09. The quantitative estimate of drug-likeness (QED) is 0.882. The molecular formula is C14H18N2O5. The molecule has 0 aliphatic carbocycles. The number of carbonyl (C=O) groups excluding carboxylic acids is 2. The Bertz CT molecular complexity index is 546. The van der Waals surface area contributed by atoms with Gasteiger partial charge in [-0.1, -0.05) is 0 Å². The zero-order chi connectivity index (χ0) is 15.4. The van der Waals surface area contributed by atoms with Gasteiger partial charge in [-0.25, -0.2) is 4.79 Å². The number of benzene rings is 1. The lowest BCUT2D eigenvalue weighted by molar-refractivity contribution is -0.116. The first kappa shape index (κ1) is 15.0. The minimum Gasteiger partial charge on any atom is -0.497 e. The molecule has 1 fully saturated rings. The number of rotatable bonds is 5. The second kappa shape index (κ2) is 6.34. The van der Waals surface area contributed by atoms with Crippen LogP contribution in [0.3, 0.4) is 0 Å². The third kappa shape index (κ3) is 3.36. The number of hydrogen-bond donors (Lipinski definition) is 1. The summed E-state index contributed by atoms with van der Waals surface area (Å²) in [5.41, 5.74) is 0.605. The van der Waals surface area contributed by atoms with Crippen LogP contribution in [0.2, 0.25) is 0 Å². The molecule has 0 spiro atoms. The molecule has 1 saturated heterocycles. The molecule has 0 radical (unpaired) electrons. The Morgan fingerprint density at radius 3 is 2.71 bits per heavy atom. The Morgan fingerprint density at radius 1 is 1.43 bits per heavy atom. The summed E-state index contributed by atoms with van der Waals surface area (Å²) in [5, 5.41) is 2.56. The van der Waals surface area contributed by atoms with Gasteiger partial charge in [0.15, 0.2) is 0 Å². The van der Waals surface area contributed by atoms with Crippen LogP contribution in [0.1, 0.15) is 6.92 Å². The van der Waals surface area contributed by atoms with E-state index in [-0.39, 0.29) is 18.6 Å². The van der Waals surface area contributed by atoms with Crippen molar-refractivity contribution in [2.75, 3.05) is 32.2 Å². The van der Waals surface area contributed by atoms with Crippen molar-refractivity contribution in [1.82, 2.24) is 5.32 Å². The number of ether oxygens (including phenoxy) is 3. The van der Waals surface area contributed by atoms with Crippen molar-refractivity contribution in [3.8, 4) is 11.5 Å². The largest absolute Gasteiger partial charge is 0.497 e. The van der Waals surface area contributed by atoms with E-state index in [1.165, 1.54) is 18.9 Å². The predicted octanol–water partition coefficient (Wildman–Crippen LogP) is 1.17. The summed E-state index contributed by atoms with van der Waals surface area (Å²) in [7, 11) is 3.08. The SMILES string of the molecule is COc1ccc(N(C[C@H]2CNC(=O)O2)C(C)=O)c(OC)c1. The first-order valence-electron chi connectivity index (χ1n) is 6.49. The normalized spacial score (nSPS) is 16.9. The molecule has 7 nitrogen and oxygen atoms in total. The lowest BCUT2D eigenvalue weighted by Gasteiger charge is -2.25. The van der Waals surface area contributed by atoms with Gasteiger partial charge >= 0.3 is 6.09 Å². The van der Waals surface area contributed by atoms with E-state index in [0.717, 1.165) is 0 Å². The van der Waals surface area contributed by atoms with Gasteiger partial charge in [-0.2, -0.15) is 0 Å². The number of nitrogens with one attached hydrogen (secondary N) is 1. The molecule has 2 amide bonds. The number of nitrogens with zero attached hydrogens (tertiary/aromatic N) is 1. The summed E-state index contributed by atoms with van der Waals surface area (Å²) in [6.07, 6.45) is -0.849. The number of amides is 2. The fourth-order valence-corrected chi connectivity index (χ4v) is 2.14. The van der Waals surface area contributed by atoms with Crippen molar-refractivity contribution in [2.24, 2.45) is 0 Å². The fourth-order valence-electron chi connectivity index (χ4n) is 2.14. The molecule has 1 aliphatic heterocycles. The maximum absolute atomic E-state index is 11.9. The maximum Gasteiger partial charge on any atom is 0.407 e. The summed E-state index contributed by atoms with van der Waals surface area (Å²) >= 11 is 0. The Hall–Kier alpha value is -2.44. The molecule has 21 heavy (non-hydrogen) atoms. The molecule has 2 rings (SSSR count). The van der Waals surface area contributed by atoms with Crippen molar-refractivity contribution >= 4 is 17.7 Å². The molecular weight excluding hydrogens is 276 g/mol. The average molecular weight is 294 g/mol. The van der Waals surface area contributed by atoms with Gasteiger partial charge in [0.1, 0.15) is 17.6 Å². The van der Waals surface area contributed by atoms with Crippen molar-refractivity contribution in [3.05, 3.63) is 18.2 Å². The van der Waals surface area contributed by atoms with E-state index < -0.39 is 6.09 Å². The molecule has 7 heteroatoms. The Kier molecular flexibility index (Phi) is 4.52.